The van der Waals surface area contributed by atoms with E-state index in [9.17, 15) is 28.8 Å². The first-order chi connectivity index (χ1) is 22.7. The van der Waals surface area contributed by atoms with E-state index >= 15 is 0 Å². The highest BCUT2D eigenvalue weighted by Gasteiger charge is 2.48. The molecule has 1 saturated heterocycles. The van der Waals surface area contributed by atoms with E-state index in [-0.39, 0.29) is 24.3 Å². The van der Waals surface area contributed by atoms with Gasteiger partial charge < -0.3 is 31.3 Å². The van der Waals surface area contributed by atoms with Crippen molar-refractivity contribution in [3.63, 3.8) is 0 Å². The highest BCUT2D eigenvalue weighted by molar-refractivity contribution is 6.37. The van der Waals surface area contributed by atoms with Gasteiger partial charge in [-0.3, -0.25) is 19.2 Å². The number of amides is 5. The summed E-state index contributed by atoms with van der Waals surface area (Å²) in [4.78, 5) is 81.4. The third-order valence-corrected chi connectivity index (χ3v) is 9.85. The Morgan fingerprint density at radius 1 is 0.857 bits per heavy atom. The zero-order valence-corrected chi connectivity index (χ0v) is 30.6. The molecule has 1 heterocycles. The van der Waals surface area contributed by atoms with Gasteiger partial charge in [-0.15, -0.1) is 0 Å². The monoisotopic (exact) mass is 683 g/mol. The molecule has 5 amide bonds. The molecule has 1 aromatic rings. The van der Waals surface area contributed by atoms with Crippen LogP contribution >= 0.6 is 0 Å². The van der Waals surface area contributed by atoms with Crippen LogP contribution in [0.3, 0.4) is 0 Å². The Morgan fingerprint density at radius 2 is 1.43 bits per heavy atom. The molecule has 12 nitrogen and oxygen atoms in total. The molecule has 272 valence electrons. The fourth-order valence-corrected chi connectivity index (χ4v) is 6.60. The van der Waals surface area contributed by atoms with Gasteiger partial charge >= 0.3 is 12.0 Å². The molecule has 2 unspecified atom stereocenters. The first-order valence-corrected chi connectivity index (χ1v) is 17.5. The maximum absolute atomic E-state index is 14.4. The number of urea groups is 1. The number of nitrogens with two attached hydrogens (primary N) is 1. The van der Waals surface area contributed by atoms with E-state index in [0.717, 1.165) is 24.8 Å². The van der Waals surface area contributed by atoms with Crippen LogP contribution in [0.4, 0.5) is 4.79 Å². The zero-order chi connectivity index (χ0) is 36.8. The number of hydrogen-bond donors (Lipinski definition) is 4. The third kappa shape index (κ3) is 10.3. The van der Waals surface area contributed by atoms with Crippen molar-refractivity contribution in [2.45, 2.75) is 125 Å². The minimum absolute atomic E-state index is 0.0200. The molecule has 2 fully saturated rings. The minimum atomic E-state index is -1.11. The number of primary amides is 1. The highest BCUT2D eigenvalue weighted by Crippen LogP contribution is 2.35. The summed E-state index contributed by atoms with van der Waals surface area (Å²) < 4.78 is 5.75. The second-order valence-electron chi connectivity index (χ2n) is 16.2. The van der Waals surface area contributed by atoms with Crippen molar-refractivity contribution < 1.29 is 33.5 Å². The molecule has 0 spiro atoms. The molecule has 3 rings (SSSR count). The van der Waals surface area contributed by atoms with Crippen LogP contribution in [0.5, 0.6) is 0 Å². The predicted octanol–water partition coefficient (Wildman–Crippen LogP) is 4.02. The summed E-state index contributed by atoms with van der Waals surface area (Å²) in [6.45, 7) is 16.8. The lowest BCUT2D eigenvalue weighted by Gasteiger charge is -2.38. The number of rotatable bonds is 13. The topological polar surface area (TPSA) is 177 Å². The standard InChI is InChI=1S/C37H57N5O7/c1-21(2)25-18-19-42(27(25)32(45)39-26(28(43)31(38)44)20-23-14-13-15-23)33(46)29(36(4,5)6)40-35(48)41-30(37(7,8)9)34(47)49-22(3)24-16-11-10-12-17-24/h10-12,16-17,21-23,25-27,29-30H,13-15,18-20H2,1-9H3,(H2,38,44)(H,39,45)(H2,40,41,48)/t22-,25?,26?,27+,29-,30-/m1/s1. The van der Waals surface area contributed by atoms with Gasteiger partial charge in [-0.2, -0.15) is 0 Å². The quantitative estimate of drug-likeness (QED) is 0.179. The molecule has 0 radical (unpaired) electrons. The number of nitrogens with zero attached hydrogens (tertiary/aromatic N) is 1. The van der Waals surface area contributed by atoms with Gasteiger partial charge in [0.15, 0.2) is 0 Å². The highest BCUT2D eigenvalue weighted by atomic mass is 16.5. The van der Waals surface area contributed by atoms with Crippen molar-refractivity contribution in [1.82, 2.24) is 20.9 Å². The molecule has 0 bridgehead atoms. The van der Waals surface area contributed by atoms with Crippen molar-refractivity contribution >= 4 is 35.5 Å². The molecule has 1 aromatic carbocycles. The predicted molar refractivity (Wildman–Crippen MR) is 186 cm³/mol. The Hall–Kier alpha value is -3.96. The van der Waals surface area contributed by atoms with Gasteiger partial charge in [-0.1, -0.05) is 105 Å². The number of esters is 1. The molecule has 12 heteroatoms. The van der Waals surface area contributed by atoms with Gasteiger partial charge in [0.2, 0.25) is 17.6 Å². The molecule has 1 saturated carbocycles. The Morgan fingerprint density at radius 3 is 1.92 bits per heavy atom. The minimum Gasteiger partial charge on any atom is -0.456 e. The lowest BCUT2D eigenvalue weighted by atomic mass is 9.80. The molecule has 6 atom stereocenters. The average molecular weight is 684 g/mol. The van der Waals surface area contributed by atoms with Crippen molar-refractivity contribution in [2.24, 2.45) is 34.3 Å². The molecule has 1 aliphatic carbocycles. The van der Waals surface area contributed by atoms with Crippen LogP contribution in [0.25, 0.3) is 0 Å². The van der Waals surface area contributed by atoms with Gasteiger partial charge in [0.1, 0.15) is 24.2 Å². The molecular formula is C37H57N5O7. The maximum atomic E-state index is 14.4. The summed E-state index contributed by atoms with van der Waals surface area (Å²) in [5.41, 5.74) is 4.62. The summed E-state index contributed by atoms with van der Waals surface area (Å²) in [7, 11) is 0. The van der Waals surface area contributed by atoms with Crippen LogP contribution in [0, 0.1) is 28.6 Å². The Balaban J connectivity index is 1.82. The van der Waals surface area contributed by atoms with E-state index < -0.39 is 76.6 Å². The molecular weight excluding hydrogens is 626 g/mol. The zero-order valence-electron chi connectivity index (χ0n) is 30.6. The first kappa shape index (κ1) is 39.5. The smallest absolute Gasteiger partial charge is 0.329 e. The summed E-state index contributed by atoms with van der Waals surface area (Å²) in [5, 5.41) is 8.32. The van der Waals surface area contributed by atoms with E-state index in [0.29, 0.717) is 12.8 Å². The Kier molecular flexibility index (Phi) is 13.0. The molecule has 5 N–H and O–H groups in total. The number of benzene rings is 1. The number of carbonyl (C=O) groups is 6. The number of nitrogens with one attached hydrogen (secondary N) is 3. The summed E-state index contributed by atoms with van der Waals surface area (Å²) in [5.74, 6) is -3.56. The van der Waals surface area contributed by atoms with Gasteiger partial charge in [0, 0.05) is 6.54 Å². The Bertz CT molecular complexity index is 1360. The van der Waals surface area contributed by atoms with Crippen LogP contribution in [0.1, 0.15) is 106 Å². The van der Waals surface area contributed by atoms with Gasteiger partial charge in [0.05, 0.1) is 6.04 Å². The van der Waals surface area contributed by atoms with Gasteiger partial charge in [0.25, 0.3) is 5.91 Å². The fourth-order valence-electron chi connectivity index (χ4n) is 6.60. The van der Waals surface area contributed by atoms with Crippen LogP contribution in [0.2, 0.25) is 0 Å². The lowest BCUT2D eigenvalue weighted by molar-refractivity contribution is -0.153. The van der Waals surface area contributed by atoms with E-state index in [1.807, 2.05) is 44.2 Å². The molecule has 1 aliphatic heterocycles. The average Bonchev–Trinajstić information content (AvgIpc) is 3.44. The number of ether oxygens (including phenoxy) is 1. The van der Waals surface area contributed by atoms with Crippen molar-refractivity contribution in [3.8, 4) is 0 Å². The number of carbonyl (C=O) groups excluding carboxylic acids is 6. The van der Waals surface area contributed by atoms with Gasteiger partial charge in [-0.05, 0) is 53.9 Å². The molecule has 49 heavy (non-hydrogen) atoms. The van der Waals surface area contributed by atoms with E-state index in [4.69, 9.17) is 10.5 Å². The largest absolute Gasteiger partial charge is 0.456 e. The van der Waals surface area contributed by atoms with Crippen LogP contribution in [0.15, 0.2) is 30.3 Å². The second-order valence-corrected chi connectivity index (χ2v) is 16.2. The van der Waals surface area contributed by atoms with Crippen molar-refractivity contribution in [3.05, 3.63) is 35.9 Å². The normalized spacial score (nSPS) is 20.7. The molecule has 0 aromatic heterocycles. The summed E-state index contributed by atoms with van der Waals surface area (Å²) >= 11 is 0. The van der Waals surface area contributed by atoms with Crippen molar-refractivity contribution in [1.29, 1.82) is 0 Å². The summed E-state index contributed by atoms with van der Waals surface area (Å²) in [6, 6.07) is 4.42. The fraction of sp³-hybridized carbons (Fsp3) is 0.676. The summed E-state index contributed by atoms with van der Waals surface area (Å²) in [6.07, 6.45) is 3.14. The SMILES string of the molecule is CC(C)C1CCN(C(=O)[C@@H](NC(=O)N[C@H](C(=O)O[C@H](C)c2ccccc2)C(C)(C)C)C(C)(C)C)[C@@H]1C(=O)NC(CC1CCC1)C(=O)C(N)=O. The third-order valence-electron chi connectivity index (χ3n) is 9.85. The lowest BCUT2D eigenvalue weighted by Crippen LogP contribution is -2.62. The maximum Gasteiger partial charge on any atom is 0.329 e. The number of hydrogen-bond acceptors (Lipinski definition) is 7. The van der Waals surface area contributed by atoms with Crippen LogP contribution in [-0.2, 0) is 28.7 Å². The van der Waals surface area contributed by atoms with Crippen LogP contribution in [-0.4, -0.2) is 71.1 Å². The Labute approximate surface area is 291 Å². The van der Waals surface area contributed by atoms with Crippen LogP contribution < -0.4 is 21.7 Å². The molecule has 2 aliphatic rings. The van der Waals surface area contributed by atoms with Gasteiger partial charge in [-0.25, -0.2) is 9.59 Å². The number of likely N-dealkylation sites (tertiary alicyclic amines) is 1. The number of Topliss-reactive ketones (excluding diaryl/α,β-unsaturated/α-hetero) is 1. The first-order valence-electron chi connectivity index (χ1n) is 17.5. The van der Waals surface area contributed by atoms with Crippen molar-refractivity contribution in [2.75, 3.05) is 6.54 Å². The van der Waals surface area contributed by atoms with E-state index in [2.05, 4.69) is 16.0 Å². The second kappa shape index (κ2) is 16.2. The van der Waals surface area contributed by atoms with E-state index in [1.54, 1.807) is 48.5 Å². The number of ketones is 1. The van der Waals surface area contributed by atoms with E-state index in [1.165, 1.54) is 4.90 Å².